The van der Waals surface area contributed by atoms with Crippen molar-refractivity contribution in [3.05, 3.63) is 86.6 Å². The summed E-state index contributed by atoms with van der Waals surface area (Å²) < 4.78 is 27.1. The largest absolute Gasteiger partial charge is 0.481 e. The molecule has 0 saturated heterocycles. The summed E-state index contributed by atoms with van der Waals surface area (Å²) in [6.45, 7) is 1.57. The van der Waals surface area contributed by atoms with Gasteiger partial charge in [0.2, 0.25) is 0 Å². The number of hydrogen-bond donors (Lipinski definition) is 2. The fourth-order valence-corrected chi connectivity index (χ4v) is 6.20. The molecule has 2 unspecified atom stereocenters. The first kappa shape index (κ1) is 21.1. The number of aromatic nitrogens is 2. The van der Waals surface area contributed by atoms with Crippen molar-refractivity contribution in [2.75, 3.05) is 5.75 Å². The molecule has 3 aromatic rings. The number of carboxylic acid groups (broad SMARTS) is 1. The van der Waals surface area contributed by atoms with Crippen LogP contribution in [-0.4, -0.2) is 34.8 Å². The number of carboxylic acids is 1. The third-order valence-electron chi connectivity index (χ3n) is 5.28. The maximum Gasteiger partial charge on any atom is 0.333 e. The number of aromatic amines is 1. The van der Waals surface area contributed by atoms with Gasteiger partial charge in [0.15, 0.2) is 9.84 Å². The second kappa shape index (κ2) is 7.86. The van der Waals surface area contributed by atoms with Gasteiger partial charge < -0.3 is 10.1 Å². The van der Waals surface area contributed by atoms with Crippen molar-refractivity contribution in [1.82, 2.24) is 9.55 Å². The quantitative estimate of drug-likeness (QED) is 0.562. The van der Waals surface area contributed by atoms with Gasteiger partial charge >= 0.3 is 11.7 Å². The van der Waals surface area contributed by atoms with Gasteiger partial charge in [-0.15, -0.1) is 11.8 Å². The van der Waals surface area contributed by atoms with Gasteiger partial charge in [-0.3, -0.25) is 9.59 Å². The first-order chi connectivity index (χ1) is 14.7. The maximum atomic E-state index is 13.2. The zero-order chi connectivity index (χ0) is 22.3. The Kier molecular flexibility index (Phi) is 5.36. The Labute approximate surface area is 181 Å². The monoisotopic (exact) mass is 458 g/mol. The average Bonchev–Trinajstić information content (AvgIpc) is 3.18. The van der Waals surface area contributed by atoms with Crippen LogP contribution in [0, 0.1) is 0 Å². The molecule has 31 heavy (non-hydrogen) atoms. The lowest BCUT2D eigenvalue weighted by molar-refractivity contribution is -0.138. The topological polar surface area (TPSA) is 126 Å². The van der Waals surface area contributed by atoms with E-state index in [0.717, 1.165) is 16.3 Å². The van der Waals surface area contributed by atoms with Gasteiger partial charge in [0.05, 0.1) is 32.3 Å². The van der Waals surface area contributed by atoms with Crippen molar-refractivity contribution in [1.29, 1.82) is 0 Å². The highest BCUT2D eigenvalue weighted by atomic mass is 32.2. The molecular weight excluding hydrogens is 440 g/mol. The number of H-pyrrole nitrogens is 1. The van der Waals surface area contributed by atoms with E-state index in [-0.39, 0.29) is 26.9 Å². The molecule has 1 aromatic heterocycles. The van der Waals surface area contributed by atoms with Gasteiger partial charge in [0.1, 0.15) is 0 Å². The number of aliphatic carboxylic acids is 1. The van der Waals surface area contributed by atoms with Gasteiger partial charge in [-0.25, -0.2) is 17.8 Å². The second-order valence-corrected chi connectivity index (χ2v) is 10.4. The van der Waals surface area contributed by atoms with Crippen LogP contribution in [-0.2, 0) is 14.6 Å². The first-order valence-electron chi connectivity index (χ1n) is 9.36. The summed E-state index contributed by atoms with van der Waals surface area (Å²) in [5.74, 6) is -2.06. The number of nitrogens with one attached hydrogen (secondary N) is 1. The lowest BCUT2D eigenvalue weighted by Gasteiger charge is -2.15. The van der Waals surface area contributed by atoms with E-state index in [1.54, 1.807) is 37.3 Å². The Balaban J connectivity index is 1.84. The summed E-state index contributed by atoms with van der Waals surface area (Å²) in [6.07, 6.45) is 0. The van der Waals surface area contributed by atoms with E-state index in [9.17, 15) is 27.9 Å². The summed E-state index contributed by atoms with van der Waals surface area (Å²) in [4.78, 5) is 39.6. The van der Waals surface area contributed by atoms with Crippen LogP contribution >= 0.6 is 11.8 Å². The molecule has 2 aromatic carbocycles. The van der Waals surface area contributed by atoms with Crippen molar-refractivity contribution < 1.29 is 18.3 Å². The molecule has 2 heterocycles. The Morgan fingerprint density at radius 3 is 2.55 bits per heavy atom. The Hall–Kier alpha value is -3.11. The van der Waals surface area contributed by atoms with E-state index in [4.69, 9.17) is 0 Å². The maximum absolute atomic E-state index is 13.2. The summed E-state index contributed by atoms with van der Waals surface area (Å²) in [5, 5.41) is 8.80. The zero-order valence-corrected chi connectivity index (χ0v) is 17.9. The number of hydrogen-bond acceptors (Lipinski definition) is 6. The fourth-order valence-electron chi connectivity index (χ4n) is 3.54. The smallest absolute Gasteiger partial charge is 0.333 e. The van der Waals surface area contributed by atoms with Crippen molar-refractivity contribution in [3.63, 3.8) is 0 Å². The van der Waals surface area contributed by atoms with Gasteiger partial charge in [-0.2, -0.15) is 0 Å². The third kappa shape index (κ3) is 3.61. The van der Waals surface area contributed by atoms with Crippen LogP contribution in [0.1, 0.15) is 29.2 Å². The molecule has 2 atom stereocenters. The van der Waals surface area contributed by atoms with Crippen LogP contribution in [0.4, 0.5) is 0 Å². The highest BCUT2D eigenvalue weighted by Crippen LogP contribution is 2.35. The highest BCUT2D eigenvalue weighted by molar-refractivity contribution is 7.99. The van der Waals surface area contributed by atoms with Crippen molar-refractivity contribution in [2.24, 2.45) is 0 Å². The molecule has 0 bridgehead atoms. The summed E-state index contributed by atoms with van der Waals surface area (Å²) >= 11 is 1.10. The van der Waals surface area contributed by atoms with E-state index < -0.39 is 38.2 Å². The van der Waals surface area contributed by atoms with E-state index in [1.807, 2.05) is 0 Å². The number of fused-ring (bicyclic) bond motifs is 1. The van der Waals surface area contributed by atoms with Crippen LogP contribution in [0.3, 0.4) is 0 Å². The zero-order valence-electron chi connectivity index (χ0n) is 16.3. The number of thioether (sulfide) groups is 1. The Morgan fingerprint density at radius 1 is 1.16 bits per heavy atom. The molecule has 2 N–H and O–H groups in total. The Morgan fingerprint density at radius 2 is 1.87 bits per heavy atom. The van der Waals surface area contributed by atoms with Crippen molar-refractivity contribution in [2.45, 2.75) is 28.0 Å². The molecule has 0 spiro atoms. The van der Waals surface area contributed by atoms with Crippen molar-refractivity contribution >= 4 is 27.6 Å². The minimum Gasteiger partial charge on any atom is -0.481 e. The van der Waals surface area contributed by atoms with Crippen molar-refractivity contribution in [3.8, 4) is 5.69 Å². The van der Waals surface area contributed by atoms with E-state index in [0.29, 0.717) is 5.56 Å². The lowest BCUT2D eigenvalue weighted by Crippen LogP contribution is -2.37. The molecule has 0 aliphatic carbocycles. The molecule has 160 valence electrons. The number of benzene rings is 2. The number of nitrogens with zero attached hydrogens (tertiary/aromatic N) is 1. The van der Waals surface area contributed by atoms with E-state index in [1.165, 1.54) is 24.3 Å². The predicted molar refractivity (Wildman–Crippen MR) is 116 cm³/mol. The molecule has 1 aliphatic heterocycles. The molecule has 0 saturated carbocycles. The van der Waals surface area contributed by atoms with Gasteiger partial charge in [0.25, 0.3) is 5.56 Å². The SMILES string of the molecule is CC(c1ccccc1)S(=O)(=O)c1cccc(-n2c(=O)[nH]c3c(c2=O)C(C(=O)O)CS3)c1. The molecule has 0 fully saturated rings. The number of carbonyl (C=O) groups is 1. The first-order valence-corrected chi connectivity index (χ1v) is 11.9. The molecule has 10 heteroatoms. The molecule has 4 rings (SSSR count). The summed E-state index contributed by atoms with van der Waals surface area (Å²) in [5.41, 5.74) is -0.851. The molecule has 8 nitrogen and oxygen atoms in total. The predicted octanol–water partition coefficient (Wildman–Crippen LogP) is 2.33. The summed E-state index contributed by atoms with van der Waals surface area (Å²) in [6, 6.07) is 14.3. The highest BCUT2D eigenvalue weighted by Gasteiger charge is 2.34. The molecule has 0 amide bonds. The van der Waals surface area contributed by atoms with E-state index >= 15 is 0 Å². The van der Waals surface area contributed by atoms with E-state index in [2.05, 4.69) is 4.98 Å². The lowest BCUT2D eigenvalue weighted by atomic mass is 10.1. The molecule has 1 aliphatic rings. The second-order valence-electron chi connectivity index (χ2n) is 7.11. The van der Waals surface area contributed by atoms with Crippen LogP contribution < -0.4 is 11.2 Å². The standard InChI is InChI=1S/C21H18N2O6S2/c1-12(13-6-3-2-4-7-13)31(28,29)15-9-5-8-14(10-15)23-19(24)17-16(20(25)26)11-30-18(17)22-21(23)27/h2-10,12,16H,11H2,1H3,(H,22,27)(H,25,26). The van der Waals surface area contributed by atoms with Gasteiger partial charge in [0, 0.05) is 5.75 Å². The minimum atomic E-state index is -3.81. The van der Waals surface area contributed by atoms with Crippen LogP contribution in [0.2, 0.25) is 0 Å². The molecule has 0 radical (unpaired) electrons. The minimum absolute atomic E-state index is 0.00279. The normalized spacial score (nSPS) is 16.6. The van der Waals surface area contributed by atoms with Crippen LogP contribution in [0.5, 0.6) is 0 Å². The number of sulfone groups is 1. The van der Waals surface area contributed by atoms with Gasteiger partial charge in [-0.05, 0) is 30.7 Å². The average molecular weight is 459 g/mol. The number of rotatable bonds is 5. The van der Waals surface area contributed by atoms with Crippen LogP contribution in [0.25, 0.3) is 5.69 Å². The molecular formula is C21H18N2O6S2. The Bertz CT molecular complexity index is 1390. The van der Waals surface area contributed by atoms with Crippen LogP contribution in [0.15, 0.2) is 74.1 Å². The van der Waals surface area contributed by atoms with Gasteiger partial charge in [-0.1, -0.05) is 36.4 Å². The third-order valence-corrected chi connectivity index (χ3v) is 8.51. The fraction of sp³-hybridized carbons (Fsp3) is 0.190. The summed E-state index contributed by atoms with van der Waals surface area (Å²) in [7, 11) is -3.81.